The Bertz CT molecular complexity index is 537. The van der Waals surface area contributed by atoms with Gasteiger partial charge >= 0.3 is 5.97 Å². The molecule has 0 amide bonds. The van der Waals surface area contributed by atoms with E-state index >= 15 is 0 Å². The predicted octanol–water partition coefficient (Wildman–Crippen LogP) is 2.67. The van der Waals surface area contributed by atoms with E-state index in [0.717, 1.165) is 6.42 Å². The smallest absolute Gasteiger partial charge is 0.341 e. The number of aromatic carboxylic acids is 1. The summed E-state index contributed by atoms with van der Waals surface area (Å²) in [5.74, 6) is -0.896. The first-order valence-corrected chi connectivity index (χ1v) is 6.01. The molecular formula is C15H16NO2+. The van der Waals surface area contributed by atoms with Crippen molar-refractivity contribution in [2.24, 2.45) is 0 Å². The molecule has 18 heavy (non-hydrogen) atoms. The summed E-state index contributed by atoms with van der Waals surface area (Å²) in [6.45, 7) is 2.10. The van der Waals surface area contributed by atoms with Crippen LogP contribution >= 0.6 is 0 Å². The van der Waals surface area contributed by atoms with E-state index in [1.165, 1.54) is 5.56 Å². The fourth-order valence-electron chi connectivity index (χ4n) is 2.11. The lowest BCUT2D eigenvalue weighted by molar-refractivity contribution is -0.714. The Kier molecular flexibility index (Phi) is 3.72. The molecule has 1 N–H and O–H groups in total. The molecule has 3 heteroatoms. The van der Waals surface area contributed by atoms with E-state index in [2.05, 4.69) is 19.1 Å². The monoisotopic (exact) mass is 242 g/mol. The van der Waals surface area contributed by atoms with Crippen molar-refractivity contribution in [1.82, 2.24) is 0 Å². The van der Waals surface area contributed by atoms with Crippen LogP contribution in [0.3, 0.4) is 0 Å². The van der Waals surface area contributed by atoms with Gasteiger partial charge in [-0.1, -0.05) is 37.3 Å². The van der Waals surface area contributed by atoms with E-state index in [9.17, 15) is 4.79 Å². The average molecular weight is 242 g/mol. The molecule has 2 aromatic rings. The number of carboxylic acids is 1. The van der Waals surface area contributed by atoms with E-state index in [-0.39, 0.29) is 6.04 Å². The highest BCUT2D eigenvalue weighted by atomic mass is 16.4. The number of carboxylic acid groups (broad SMARTS) is 1. The van der Waals surface area contributed by atoms with Crippen molar-refractivity contribution in [1.29, 1.82) is 0 Å². The molecule has 0 spiro atoms. The van der Waals surface area contributed by atoms with Crippen LogP contribution < -0.4 is 4.57 Å². The zero-order chi connectivity index (χ0) is 13.0. The number of benzene rings is 1. The highest BCUT2D eigenvalue weighted by molar-refractivity contribution is 5.86. The summed E-state index contributed by atoms with van der Waals surface area (Å²) in [5, 5.41) is 9.02. The third kappa shape index (κ3) is 2.56. The second kappa shape index (κ2) is 5.45. The highest BCUT2D eigenvalue weighted by Gasteiger charge is 2.19. The number of hydrogen-bond acceptors (Lipinski definition) is 1. The van der Waals surface area contributed by atoms with Gasteiger partial charge in [0.05, 0.1) is 0 Å². The number of nitrogens with zero attached hydrogens (tertiary/aromatic N) is 1. The minimum Gasteiger partial charge on any atom is -0.477 e. The molecule has 0 aliphatic heterocycles. The van der Waals surface area contributed by atoms with Crippen molar-refractivity contribution in [3.8, 4) is 0 Å². The molecule has 2 rings (SSSR count). The molecule has 92 valence electrons. The zero-order valence-corrected chi connectivity index (χ0v) is 10.3. The van der Waals surface area contributed by atoms with Gasteiger partial charge in [-0.3, -0.25) is 0 Å². The molecule has 1 heterocycles. The normalized spacial score (nSPS) is 12.1. The molecule has 0 fully saturated rings. The maximum absolute atomic E-state index is 11.0. The third-order valence-electron chi connectivity index (χ3n) is 3.00. The molecule has 0 saturated heterocycles. The summed E-state index contributed by atoms with van der Waals surface area (Å²) in [4.78, 5) is 11.0. The molecule has 0 bridgehead atoms. The lowest BCUT2D eigenvalue weighted by atomic mass is 10.0. The van der Waals surface area contributed by atoms with Gasteiger partial charge in [-0.05, 0) is 6.07 Å². The standard InChI is InChI=1S/C15H15NO2/c1-2-14(12-7-4-3-5-8-12)16-10-6-9-13(11-16)15(17)18/h3-11,14H,2H2,1H3/p+1. The second-order valence-corrected chi connectivity index (χ2v) is 4.18. The Morgan fingerprint density at radius 2 is 1.94 bits per heavy atom. The summed E-state index contributed by atoms with van der Waals surface area (Å²) in [6, 6.07) is 13.7. The maximum atomic E-state index is 11.0. The van der Waals surface area contributed by atoms with Gasteiger partial charge < -0.3 is 5.11 Å². The van der Waals surface area contributed by atoms with E-state index in [1.54, 1.807) is 18.3 Å². The van der Waals surface area contributed by atoms with E-state index in [0.29, 0.717) is 5.56 Å². The molecule has 0 aliphatic carbocycles. The van der Waals surface area contributed by atoms with Crippen molar-refractivity contribution in [3.63, 3.8) is 0 Å². The summed E-state index contributed by atoms with van der Waals surface area (Å²) >= 11 is 0. The number of rotatable bonds is 4. The maximum Gasteiger partial charge on any atom is 0.341 e. The van der Waals surface area contributed by atoms with E-state index in [4.69, 9.17) is 5.11 Å². The SMILES string of the molecule is CCC(c1ccccc1)[n+]1cccc(C(=O)O)c1. The number of pyridine rings is 1. The van der Waals surface area contributed by atoms with Crippen LogP contribution in [0.5, 0.6) is 0 Å². The fraction of sp³-hybridized carbons (Fsp3) is 0.200. The zero-order valence-electron chi connectivity index (χ0n) is 10.3. The van der Waals surface area contributed by atoms with Crippen LogP contribution in [0.2, 0.25) is 0 Å². The van der Waals surface area contributed by atoms with Crippen molar-refractivity contribution in [2.75, 3.05) is 0 Å². The Hall–Kier alpha value is -2.16. The van der Waals surface area contributed by atoms with Crippen LogP contribution in [0.4, 0.5) is 0 Å². The molecule has 0 aliphatic rings. The molecule has 1 atom stereocenters. The Labute approximate surface area is 106 Å². The topological polar surface area (TPSA) is 41.2 Å². The molecule has 3 nitrogen and oxygen atoms in total. The van der Waals surface area contributed by atoms with Crippen LogP contribution in [0.25, 0.3) is 0 Å². The van der Waals surface area contributed by atoms with Gasteiger partial charge in [0.2, 0.25) is 0 Å². The summed E-state index contributed by atoms with van der Waals surface area (Å²) < 4.78 is 1.96. The molecule has 1 aromatic carbocycles. The lowest BCUT2D eigenvalue weighted by Crippen LogP contribution is -2.39. The van der Waals surface area contributed by atoms with Crippen LogP contribution in [-0.4, -0.2) is 11.1 Å². The van der Waals surface area contributed by atoms with Gasteiger partial charge in [-0.2, -0.15) is 4.57 Å². The molecule has 0 radical (unpaired) electrons. The van der Waals surface area contributed by atoms with Crippen LogP contribution in [0.1, 0.15) is 35.3 Å². The van der Waals surface area contributed by atoms with Gasteiger partial charge in [-0.15, -0.1) is 0 Å². The van der Waals surface area contributed by atoms with E-state index in [1.807, 2.05) is 29.0 Å². The van der Waals surface area contributed by atoms with Crippen LogP contribution in [-0.2, 0) is 0 Å². The van der Waals surface area contributed by atoms with Crippen molar-refractivity contribution in [3.05, 3.63) is 66.0 Å². The fourth-order valence-corrected chi connectivity index (χ4v) is 2.11. The summed E-state index contributed by atoms with van der Waals surface area (Å²) in [6.07, 6.45) is 4.51. The first-order chi connectivity index (χ1) is 8.72. The summed E-state index contributed by atoms with van der Waals surface area (Å²) in [5.41, 5.74) is 1.50. The molecular weight excluding hydrogens is 226 g/mol. The number of aromatic nitrogens is 1. The largest absolute Gasteiger partial charge is 0.477 e. The van der Waals surface area contributed by atoms with Gasteiger partial charge in [0.1, 0.15) is 5.56 Å². The minimum atomic E-state index is -0.896. The third-order valence-corrected chi connectivity index (χ3v) is 3.00. The first kappa shape index (κ1) is 12.3. The van der Waals surface area contributed by atoms with Gasteiger partial charge in [0.25, 0.3) is 0 Å². The minimum absolute atomic E-state index is 0.172. The predicted molar refractivity (Wildman–Crippen MR) is 68.5 cm³/mol. The quantitative estimate of drug-likeness (QED) is 0.837. The first-order valence-electron chi connectivity index (χ1n) is 6.01. The number of carbonyl (C=O) groups is 1. The Balaban J connectivity index is 2.39. The average Bonchev–Trinajstić information content (AvgIpc) is 2.41. The number of hydrogen-bond donors (Lipinski definition) is 1. The summed E-state index contributed by atoms with van der Waals surface area (Å²) in [7, 11) is 0. The molecule has 0 saturated carbocycles. The van der Waals surface area contributed by atoms with Crippen molar-refractivity contribution in [2.45, 2.75) is 19.4 Å². The van der Waals surface area contributed by atoms with Crippen molar-refractivity contribution >= 4 is 5.97 Å². The molecule has 1 unspecified atom stereocenters. The van der Waals surface area contributed by atoms with Gasteiger partial charge in [-0.25, -0.2) is 4.79 Å². The van der Waals surface area contributed by atoms with E-state index < -0.39 is 5.97 Å². The highest BCUT2D eigenvalue weighted by Crippen LogP contribution is 2.15. The Morgan fingerprint density at radius 3 is 2.56 bits per heavy atom. The van der Waals surface area contributed by atoms with Crippen LogP contribution in [0, 0.1) is 0 Å². The van der Waals surface area contributed by atoms with Crippen LogP contribution in [0.15, 0.2) is 54.9 Å². The Morgan fingerprint density at radius 1 is 1.22 bits per heavy atom. The molecule has 1 aromatic heterocycles. The van der Waals surface area contributed by atoms with Gasteiger partial charge in [0, 0.05) is 18.1 Å². The van der Waals surface area contributed by atoms with Gasteiger partial charge in [0.15, 0.2) is 18.4 Å². The van der Waals surface area contributed by atoms with Crippen molar-refractivity contribution < 1.29 is 14.5 Å². The second-order valence-electron chi connectivity index (χ2n) is 4.18. The lowest BCUT2D eigenvalue weighted by Gasteiger charge is -2.10.